The fourth-order valence-corrected chi connectivity index (χ4v) is 3.04. The zero-order valence-electron chi connectivity index (χ0n) is 13.8. The number of hydrogen-bond donors (Lipinski definition) is 2. The molecule has 4 nitrogen and oxygen atoms in total. The van der Waals surface area contributed by atoms with Gasteiger partial charge in [-0.05, 0) is 35.4 Å². The molecule has 2 aromatic rings. The maximum atomic E-state index is 12.2. The van der Waals surface area contributed by atoms with Crippen LogP contribution in [0.3, 0.4) is 0 Å². The number of hydrogen-bond acceptors (Lipinski definition) is 3. The third kappa shape index (κ3) is 4.22. The van der Waals surface area contributed by atoms with Gasteiger partial charge in [-0.1, -0.05) is 54.6 Å². The lowest BCUT2D eigenvalue weighted by atomic mass is 9.92. The summed E-state index contributed by atoms with van der Waals surface area (Å²) in [5, 5.41) is 2.95. The standard InChI is InChI=1S/C20H24N2O2/c21-19(18-10-12-24-13-11-18)20(23)22-14-15-6-8-17(9-7-15)16-4-2-1-3-5-16/h1-9,18-19H,10-14,21H2,(H,22,23). The van der Waals surface area contributed by atoms with E-state index in [2.05, 4.69) is 29.6 Å². The molecule has 3 N–H and O–H groups in total. The lowest BCUT2D eigenvalue weighted by molar-refractivity contribution is -0.124. The summed E-state index contributed by atoms with van der Waals surface area (Å²) in [5.41, 5.74) is 9.52. The van der Waals surface area contributed by atoms with Crippen molar-refractivity contribution in [1.29, 1.82) is 0 Å². The molecule has 0 spiro atoms. The van der Waals surface area contributed by atoms with Gasteiger partial charge in [-0.15, -0.1) is 0 Å². The van der Waals surface area contributed by atoms with E-state index in [1.165, 1.54) is 11.1 Å². The topological polar surface area (TPSA) is 64.4 Å². The lowest BCUT2D eigenvalue weighted by Gasteiger charge is -2.26. The summed E-state index contributed by atoms with van der Waals surface area (Å²) in [6.07, 6.45) is 1.72. The van der Waals surface area contributed by atoms with Crippen LogP contribution >= 0.6 is 0 Å². The SMILES string of the molecule is NC(C(=O)NCc1ccc(-c2ccccc2)cc1)C1CCOCC1. The monoisotopic (exact) mass is 324 g/mol. The highest BCUT2D eigenvalue weighted by Gasteiger charge is 2.26. The molecule has 1 heterocycles. The summed E-state index contributed by atoms with van der Waals surface area (Å²) in [7, 11) is 0. The summed E-state index contributed by atoms with van der Waals surface area (Å²) < 4.78 is 5.32. The smallest absolute Gasteiger partial charge is 0.237 e. The molecular formula is C20H24N2O2. The van der Waals surface area contributed by atoms with E-state index >= 15 is 0 Å². The Morgan fingerprint density at radius 2 is 1.67 bits per heavy atom. The predicted octanol–water partition coefficient (Wildman–Crippen LogP) is 2.72. The van der Waals surface area contributed by atoms with E-state index < -0.39 is 6.04 Å². The van der Waals surface area contributed by atoms with Crippen LogP contribution in [0.4, 0.5) is 0 Å². The van der Waals surface area contributed by atoms with Gasteiger partial charge in [0.05, 0.1) is 6.04 Å². The third-order valence-corrected chi connectivity index (χ3v) is 4.60. The Bertz CT molecular complexity index is 649. The molecule has 4 heteroatoms. The Morgan fingerprint density at radius 1 is 1.04 bits per heavy atom. The molecule has 0 bridgehead atoms. The first-order valence-corrected chi connectivity index (χ1v) is 8.49. The highest BCUT2D eigenvalue weighted by Crippen LogP contribution is 2.20. The van der Waals surface area contributed by atoms with Gasteiger partial charge in [0, 0.05) is 19.8 Å². The summed E-state index contributed by atoms with van der Waals surface area (Å²) >= 11 is 0. The minimum Gasteiger partial charge on any atom is -0.381 e. The normalized spacial score (nSPS) is 16.5. The quantitative estimate of drug-likeness (QED) is 0.889. The van der Waals surface area contributed by atoms with Crippen LogP contribution in [0.25, 0.3) is 11.1 Å². The number of amides is 1. The Kier molecular flexibility index (Phi) is 5.62. The second-order valence-electron chi connectivity index (χ2n) is 6.26. The Morgan fingerprint density at radius 3 is 2.33 bits per heavy atom. The molecule has 0 saturated carbocycles. The summed E-state index contributed by atoms with van der Waals surface area (Å²) in [6, 6.07) is 18.0. The molecule has 1 unspecified atom stereocenters. The number of carbonyl (C=O) groups is 1. The van der Waals surface area contributed by atoms with Gasteiger partial charge in [0.1, 0.15) is 0 Å². The van der Waals surface area contributed by atoms with E-state index in [0.717, 1.165) is 18.4 Å². The van der Waals surface area contributed by atoms with E-state index in [9.17, 15) is 4.79 Å². The third-order valence-electron chi connectivity index (χ3n) is 4.60. The minimum atomic E-state index is -0.447. The number of benzene rings is 2. The van der Waals surface area contributed by atoms with Crippen molar-refractivity contribution in [1.82, 2.24) is 5.32 Å². The molecule has 1 aliphatic heterocycles. The van der Waals surface area contributed by atoms with Crippen LogP contribution in [0.1, 0.15) is 18.4 Å². The molecule has 0 aliphatic carbocycles. The maximum absolute atomic E-state index is 12.2. The van der Waals surface area contributed by atoms with Crippen molar-refractivity contribution in [2.45, 2.75) is 25.4 Å². The Balaban J connectivity index is 1.53. The van der Waals surface area contributed by atoms with Gasteiger partial charge in [0.25, 0.3) is 0 Å². The van der Waals surface area contributed by atoms with Gasteiger partial charge in [-0.3, -0.25) is 4.79 Å². The molecule has 1 fully saturated rings. The van der Waals surface area contributed by atoms with Crippen molar-refractivity contribution in [3.05, 3.63) is 60.2 Å². The molecule has 1 saturated heterocycles. The van der Waals surface area contributed by atoms with E-state index in [0.29, 0.717) is 19.8 Å². The number of rotatable bonds is 5. The van der Waals surface area contributed by atoms with Gasteiger partial charge < -0.3 is 15.8 Å². The van der Waals surface area contributed by atoms with Crippen LogP contribution in [0.15, 0.2) is 54.6 Å². The van der Waals surface area contributed by atoms with Crippen LogP contribution in [0.2, 0.25) is 0 Å². The first kappa shape index (κ1) is 16.7. The molecule has 2 aromatic carbocycles. The fourth-order valence-electron chi connectivity index (χ4n) is 3.04. The van der Waals surface area contributed by atoms with E-state index in [1.54, 1.807) is 0 Å². The summed E-state index contributed by atoms with van der Waals surface area (Å²) in [5.74, 6) is 0.147. The first-order valence-electron chi connectivity index (χ1n) is 8.49. The zero-order valence-corrected chi connectivity index (χ0v) is 13.8. The number of carbonyl (C=O) groups excluding carboxylic acids is 1. The summed E-state index contributed by atoms with van der Waals surface area (Å²) in [4.78, 5) is 12.2. The zero-order chi connectivity index (χ0) is 16.8. The van der Waals surface area contributed by atoms with Crippen molar-refractivity contribution in [3.63, 3.8) is 0 Å². The molecule has 1 aliphatic rings. The Labute approximate surface area is 143 Å². The predicted molar refractivity (Wildman–Crippen MR) is 95.2 cm³/mol. The molecule has 3 rings (SSSR count). The minimum absolute atomic E-state index is 0.0750. The number of nitrogens with two attached hydrogens (primary N) is 1. The molecule has 0 aromatic heterocycles. The van der Waals surface area contributed by atoms with Crippen molar-refractivity contribution in [2.24, 2.45) is 11.7 Å². The highest BCUT2D eigenvalue weighted by molar-refractivity contribution is 5.81. The average molecular weight is 324 g/mol. The second kappa shape index (κ2) is 8.08. The van der Waals surface area contributed by atoms with Gasteiger partial charge in [0.2, 0.25) is 5.91 Å². The average Bonchev–Trinajstić information content (AvgIpc) is 2.67. The number of nitrogens with one attached hydrogen (secondary N) is 1. The van der Waals surface area contributed by atoms with Crippen LogP contribution in [0.5, 0.6) is 0 Å². The molecule has 1 atom stereocenters. The van der Waals surface area contributed by atoms with Crippen molar-refractivity contribution < 1.29 is 9.53 Å². The summed E-state index contributed by atoms with van der Waals surface area (Å²) in [6.45, 7) is 1.91. The molecule has 126 valence electrons. The van der Waals surface area contributed by atoms with Crippen LogP contribution in [0, 0.1) is 5.92 Å². The largest absolute Gasteiger partial charge is 0.381 e. The van der Waals surface area contributed by atoms with Crippen molar-refractivity contribution in [3.8, 4) is 11.1 Å². The highest BCUT2D eigenvalue weighted by atomic mass is 16.5. The maximum Gasteiger partial charge on any atom is 0.237 e. The fraction of sp³-hybridized carbons (Fsp3) is 0.350. The van der Waals surface area contributed by atoms with Gasteiger partial charge in [-0.25, -0.2) is 0 Å². The number of ether oxygens (including phenoxy) is 1. The van der Waals surface area contributed by atoms with Crippen LogP contribution in [-0.4, -0.2) is 25.2 Å². The van der Waals surface area contributed by atoms with Crippen LogP contribution < -0.4 is 11.1 Å². The van der Waals surface area contributed by atoms with Gasteiger partial charge in [-0.2, -0.15) is 0 Å². The van der Waals surface area contributed by atoms with E-state index in [1.807, 2.05) is 30.3 Å². The molecular weight excluding hydrogens is 300 g/mol. The van der Waals surface area contributed by atoms with Gasteiger partial charge in [0.15, 0.2) is 0 Å². The second-order valence-corrected chi connectivity index (χ2v) is 6.26. The molecule has 24 heavy (non-hydrogen) atoms. The first-order chi connectivity index (χ1) is 11.7. The molecule has 0 radical (unpaired) electrons. The van der Waals surface area contributed by atoms with Crippen molar-refractivity contribution >= 4 is 5.91 Å². The molecule has 1 amide bonds. The van der Waals surface area contributed by atoms with Crippen molar-refractivity contribution in [2.75, 3.05) is 13.2 Å². The lowest BCUT2D eigenvalue weighted by Crippen LogP contribution is -2.46. The van der Waals surface area contributed by atoms with Gasteiger partial charge >= 0.3 is 0 Å². The van der Waals surface area contributed by atoms with E-state index in [-0.39, 0.29) is 11.8 Å². The Hall–Kier alpha value is -2.17. The van der Waals surface area contributed by atoms with E-state index in [4.69, 9.17) is 10.5 Å². The van der Waals surface area contributed by atoms with Crippen LogP contribution in [-0.2, 0) is 16.1 Å².